The standard InChI is InChI=1S/C23H30N6O/c1-15(17-4-5-17)29-16(2)26-21-14-25-19(13-22(21)29)12-18-6-9-24-23(27-18)28-10-7-20(30-3)8-11-28/h6,9,13-15,17,20H,4-5,7-8,10-12H2,1-3H3. The van der Waals surface area contributed by atoms with Crippen molar-refractivity contribution in [1.29, 1.82) is 0 Å². The van der Waals surface area contributed by atoms with Crippen molar-refractivity contribution in [1.82, 2.24) is 24.5 Å². The number of imidazole rings is 1. The van der Waals surface area contributed by atoms with E-state index >= 15 is 0 Å². The van der Waals surface area contributed by atoms with Crippen molar-refractivity contribution in [2.75, 3.05) is 25.1 Å². The third-order valence-corrected chi connectivity index (χ3v) is 6.64. The third kappa shape index (κ3) is 3.78. The molecule has 0 radical (unpaired) electrons. The average Bonchev–Trinajstić information content (AvgIpc) is 3.56. The van der Waals surface area contributed by atoms with E-state index in [4.69, 9.17) is 14.7 Å². The third-order valence-electron chi connectivity index (χ3n) is 6.64. The number of rotatable bonds is 6. The number of hydrogen-bond donors (Lipinski definition) is 0. The molecular formula is C23H30N6O. The molecule has 1 unspecified atom stereocenters. The predicted molar refractivity (Wildman–Crippen MR) is 117 cm³/mol. The number of nitrogens with zero attached hydrogens (tertiary/aromatic N) is 6. The van der Waals surface area contributed by atoms with E-state index in [0.29, 0.717) is 18.6 Å². The fourth-order valence-electron chi connectivity index (χ4n) is 4.67. The van der Waals surface area contributed by atoms with Crippen LogP contribution in [0.1, 0.15) is 55.9 Å². The minimum Gasteiger partial charge on any atom is -0.381 e. The highest BCUT2D eigenvalue weighted by Gasteiger charge is 2.31. The van der Waals surface area contributed by atoms with Crippen molar-refractivity contribution in [3.63, 3.8) is 0 Å². The number of hydrogen-bond acceptors (Lipinski definition) is 6. The van der Waals surface area contributed by atoms with Crippen LogP contribution < -0.4 is 4.90 Å². The number of pyridine rings is 1. The highest BCUT2D eigenvalue weighted by atomic mass is 16.5. The monoisotopic (exact) mass is 406 g/mol. The zero-order valence-corrected chi connectivity index (χ0v) is 18.1. The molecule has 4 heterocycles. The molecule has 1 aliphatic carbocycles. The minimum atomic E-state index is 0.353. The zero-order valence-electron chi connectivity index (χ0n) is 18.1. The Kier molecular flexibility index (Phi) is 5.15. The largest absolute Gasteiger partial charge is 0.381 e. The molecule has 1 saturated carbocycles. The van der Waals surface area contributed by atoms with Gasteiger partial charge in [-0.1, -0.05) is 0 Å². The molecule has 158 valence electrons. The zero-order chi connectivity index (χ0) is 20.7. The summed E-state index contributed by atoms with van der Waals surface area (Å²) in [5.41, 5.74) is 4.19. The van der Waals surface area contributed by atoms with Gasteiger partial charge in [-0.2, -0.15) is 0 Å². The molecule has 0 N–H and O–H groups in total. The molecule has 2 aliphatic rings. The van der Waals surface area contributed by atoms with Gasteiger partial charge in [0.15, 0.2) is 0 Å². The first kappa shape index (κ1) is 19.4. The molecule has 7 heteroatoms. The van der Waals surface area contributed by atoms with Gasteiger partial charge in [-0.25, -0.2) is 15.0 Å². The fraction of sp³-hybridized carbons (Fsp3) is 0.565. The first-order valence-corrected chi connectivity index (χ1v) is 11.1. The van der Waals surface area contributed by atoms with Crippen molar-refractivity contribution >= 4 is 17.0 Å². The van der Waals surface area contributed by atoms with E-state index in [-0.39, 0.29) is 0 Å². The van der Waals surface area contributed by atoms with Crippen LogP contribution >= 0.6 is 0 Å². The Bertz CT molecular complexity index is 1040. The number of methoxy groups -OCH3 is 1. The van der Waals surface area contributed by atoms with Gasteiger partial charge in [0.2, 0.25) is 5.95 Å². The van der Waals surface area contributed by atoms with Crippen molar-refractivity contribution in [3.05, 3.63) is 41.7 Å². The van der Waals surface area contributed by atoms with E-state index in [1.54, 1.807) is 7.11 Å². The van der Waals surface area contributed by atoms with Crippen LogP contribution in [0.25, 0.3) is 11.0 Å². The Morgan fingerprint density at radius 1 is 1.10 bits per heavy atom. The summed E-state index contributed by atoms with van der Waals surface area (Å²) in [6.07, 6.45) is 9.50. The van der Waals surface area contributed by atoms with Crippen LogP contribution in [0.4, 0.5) is 5.95 Å². The Balaban J connectivity index is 1.37. The summed E-state index contributed by atoms with van der Waals surface area (Å²) in [4.78, 5) is 21.0. The molecule has 2 fully saturated rings. The summed E-state index contributed by atoms with van der Waals surface area (Å²) in [5, 5.41) is 0. The molecule has 5 rings (SSSR count). The second-order valence-electron chi connectivity index (χ2n) is 8.72. The molecule has 0 amide bonds. The lowest BCUT2D eigenvalue weighted by molar-refractivity contribution is 0.0816. The highest BCUT2D eigenvalue weighted by molar-refractivity contribution is 5.75. The van der Waals surface area contributed by atoms with Crippen molar-refractivity contribution in [2.45, 2.75) is 58.1 Å². The smallest absolute Gasteiger partial charge is 0.225 e. The normalized spacial score (nSPS) is 18.8. The minimum absolute atomic E-state index is 0.353. The molecule has 0 bridgehead atoms. The van der Waals surface area contributed by atoms with Crippen LogP contribution in [0.5, 0.6) is 0 Å². The number of ether oxygens (including phenoxy) is 1. The lowest BCUT2D eigenvalue weighted by Gasteiger charge is -2.31. The van der Waals surface area contributed by atoms with E-state index in [2.05, 4.69) is 39.3 Å². The molecule has 0 spiro atoms. The Morgan fingerprint density at radius 3 is 2.63 bits per heavy atom. The van der Waals surface area contributed by atoms with Gasteiger partial charge >= 0.3 is 0 Å². The summed E-state index contributed by atoms with van der Waals surface area (Å²) >= 11 is 0. The molecule has 3 aromatic rings. The van der Waals surface area contributed by atoms with E-state index in [1.165, 1.54) is 18.4 Å². The van der Waals surface area contributed by atoms with E-state index in [1.807, 2.05) is 18.5 Å². The van der Waals surface area contributed by atoms with Gasteiger partial charge in [-0.05, 0) is 57.6 Å². The number of anilines is 1. The SMILES string of the molecule is COC1CCN(c2nccc(Cc3cc4c(cn3)nc(C)n4C(C)C3CC3)n2)CC1. The molecular weight excluding hydrogens is 376 g/mol. The maximum atomic E-state index is 5.48. The van der Waals surface area contributed by atoms with E-state index < -0.39 is 0 Å². The van der Waals surface area contributed by atoms with Crippen LogP contribution in [-0.2, 0) is 11.2 Å². The van der Waals surface area contributed by atoms with Gasteiger partial charge in [-0.15, -0.1) is 0 Å². The Hall–Kier alpha value is -2.54. The average molecular weight is 407 g/mol. The van der Waals surface area contributed by atoms with Crippen LogP contribution in [0, 0.1) is 12.8 Å². The van der Waals surface area contributed by atoms with Crippen LogP contribution in [0.2, 0.25) is 0 Å². The van der Waals surface area contributed by atoms with Gasteiger partial charge < -0.3 is 14.2 Å². The molecule has 3 aromatic heterocycles. The summed E-state index contributed by atoms with van der Waals surface area (Å²) in [7, 11) is 1.79. The fourth-order valence-corrected chi connectivity index (χ4v) is 4.67. The summed E-state index contributed by atoms with van der Waals surface area (Å²) < 4.78 is 7.87. The number of fused-ring (bicyclic) bond motifs is 1. The number of piperidine rings is 1. The summed E-state index contributed by atoms with van der Waals surface area (Å²) in [5.74, 6) is 2.67. The summed E-state index contributed by atoms with van der Waals surface area (Å²) in [6.45, 7) is 6.28. The molecule has 7 nitrogen and oxygen atoms in total. The lowest BCUT2D eigenvalue weighted by Crippen LogP contribution is -2.37. The first-order valence-electron chi connectivity index (χ1n) is 11.1. The number of aryl methyl sites for hydroxylation is 1. The Morgan fingerprint density at radius 2 is 1.90 bits per heavy atom. The van der Waals surface area contributed by atoms with E-state index in [0.717, 1.165) is 60.5 Å². The second-order valence-corrected chi connectivity index (χ2v) is 8.72. The molecule has 1 aliphatic heterocycles. The maximum Gasteiger partial charge on any atom is 0.225 e. The topological polar surface area (TPSA) is 69.0 Å². The van der Waals surface area contributed by atoms with E-state index in [9.17, 15) is 0 Å². The van der Waals surface area contributed by atoms with Gasteiger partial charge in [0.05, 0.1) is 23.5 Å². The van der Waals surface area contributed by atoms with Crippen LogP contribution in [0.3, 0.4) is 0 Å². The quantitative estimate of drug-likeness (QED) is 0.622. The highest BCUT2D eigenvalue weighted by Crippen LogP contribution is 2.41. The molecule has 1 saturated heterocycles. The summed E-state index contributed by atoms with van der Waals surface area (Å²) in [6, 6.07) is 4.68. The molecule has 30 heavy (non-hydrogen) atoms. The van der Waals surface area contributed by atoms with Gasteiger partial charge in [0.25, 0.3) is 0 Å². The predicted octanol–water partition coefficient (Wildman–Crippen LogP) is 3.71. The van der Waals surface area contributed by atoms with Crippen LogP contribution in [-0.4, -0.2) is 50.8 Å². The van der Waals surface area contributed by atoms with Gasteiger partial charge in [0, 0.05) is 44.6 Å². The Labute approximate surface area is 177 Å². The molecule has 1 atom stereocenters. The lowest BCUT2D eigenvalue weighted by atomic mass is 10.1. The van der Waals surface area contributed by atoms with Crippen molar-refractivity contribution in [3.8, 4) is 0 Å². The van der Waals surface area contributed by atoms with Crippen molar-refractivity contribution in [2.24, 2.45) is 5.92 Å². The van der Waals surface area contributed by atoms with Gasteiger partial charge in [0.1, 0.15) is 11.3 Å². The molecule has 0 aromatic carbocycles. The first-order chi connectivity index (χ1) is 14.6. The number of aromatic nitrogens is 5. The second kappa shape index (κ2) is 7.95. The van der Waals surface area contributed by atoms with Gasteiger partial charge in [-0.3, -0.25) is 4.98 Å². The maximum absolute atomic E-state index is 5.48. The van der Waals surface area contributed by atoms with Crippen molar-refractivity contribution < 1.29 is 4.74 Å². The van der Waals surface area contributed by atoms with Crippen LogP contribution in [0.15, 0.2) is 24.5 Å².